The predicted octanol–water partition coefficient (Wildman–Crippen LogP) is 9.34. The molecule has 0 aromatic carbocycles. The monoisotopic (exact) mass is 429 g/mol. The molecule has 6 saturated heterocycles. The van der Waals surface area contributed by atoms with Crippen LogP contribution in [0.2, 0.25) is 0 Å². The molecule has 148 valence electrons. The molecule has 6 aliphatic heterocycles. The molecule has 0 atom stereocenters. The summed E-state index contributed by atoms with van der Waals surface area (Å²) < 4.78 is 3.46. The van der Waals surface area contributed by atoms with Gasteiger partial charge in [-0.05, 0) is 12.3 Å². The minimum absolute atomic E-state index is 0.234. The van der Waals surface area contributed by atoms with Crippen LogP contribution in [0, 0.1) is 21.7 Å². The van der Waals surface area contributed by atoms with Crippen LogP contribution < -0.4 is 0 Å². The number of rotatable bonds is 1. The molecule has 0 N–H and O–H groups in total. The third-order valence-electron chi connectivity index (χ3n) is 8.90. The molecular weight excluding hydrogens is 388 g/mol. The third-order valence-corrected chi connectivity index (χ3v) is 43.7. The van der Waals surface area contributed by atoms with E-state index in [9.17, 15) is 0 Å². The zero-order valence-electron chi connectivity index (χ0n) is 19.5. The normalized spacial score (nSPS) is 58.7. The lowest BCUT2D eigenvalue weighted by Crippen LogP contribution is -3.05. The largest absolute Gasteiger partial charge is 0.133 e. The molecule has 0 aliphatic carbocycles. The average molecular weight is 429 g/mol. The molecule has 0 aromatic rings. The van der Waals surface area contributed by atoms with Crippen molar-refractivity contribution in [2.75, 3.05) is 6.16 Å². The van der Waals surface area contributed by atoms with E-state index in [1.165, 1.54) is 0 Å². The van der Waals surface area contributed by atoms with Crippen molar-refractivity contribution in [2.45, 2.75) is 109 Å². The van der Waals surface area contributed by atoms with E-state index >= 15 is 0 Å². The van der Waals surface area contributed by atoms with Gasteiger partial charge in [0.05, 0.1) is 18.1 Å². The first-order chi connectivity index (χ1) is 11.4. The average Bonchev–Trinajstić information content (AvgIpc) is 2.40. The van der Waals surface area contributed by atoms with Crippen molar-refractivity contribution >= 4 is 31.0 Å². The fourth-order valence-corrected chi connectivity index (χ4v) is 66.9. The third kappa shape index (κ3) is 1.06. The maximum atomic E-state index is 2.66. The zero-order chi connectivity index (χ0) is 19.9. The summed E-state index contributed by atoms with van der Waals surface area (Å²) in [4.78, 5) is 0. The molecule has 0 spiro atoms. The van der Waals surface area contributed by atoms with Crippen molar-refractivity contribution in [1.29, 1.82) is 0 Å². The van der Waals surface area contributed by atoms with Crippen LogP contribution in [-0.2, 0) is 0 Å². The summed E-state index contributed by atoms with van der Waals surface area (Å²) in [6.07, 6.45) is 1.57. The SMILES string of the molecule is CC[P+]12C3(C(C)(C)C)P4C5(C(C)(C)C)P3C1(C(C)(C)C)P5C42C(C)(C)C. The smallest absolute Gasteiger partial charge is 0.0586 e. The van der Waals surface area contributed by atoms with Crippen LogP contribution in [0.15, 0.2) is 0 Å². The Hall–Kier alpha value is 1.72. The number of hydrogen-bond acceptors (Lipinski definition) is 0. The molecule has 0 bridgehead atoms. The van der Waals surface area contributed by atoms with Gasteiger partial charge in [0.15, 0.2) is 0 Å². The Morgan fingerprint density at radius 3 is 0.962 bits per heavy atom. The molecule has 0 unspecified atom stereocenters. The van der Waals surface area contributed by atoms with E-state index in [2.05, 4.69) is 90.0 Å². The molecular formula is C22H41P4+. The van der Waals surface area contributed by atoms with Gasteiger partial charge < -0.3 is 0 Å². The summed E-state index contributed by atoms with van der Waals surface area (Å²) in [5.74, 6) is 0. The van der Waals surface area contributed by atoms with E-state index in [0.717, 1.165) is 18.6 Å². The van der Waals surface area contributed by atoms with Crippen LogP contribution in [0.3, 0.4) is 0 Å². The Kier molecular flexibility index (Phi) is 3.10. The van der Waals surface area contributed by atoms with Crippen molar-refractivity contribution in [2.24, 2.45) is 21.7 Å². The van der Waals surface area contributed by atoms with E-state index in [4.69, 9.17) is 0 Å². The molecule has 0 saturated carbocycles. The summed E-state index contributed by atoms with van der Waals surface area (Å²) in [6.45, 7) is 34.5. The van der Waals surface area contributed by atoms with Crippen LogP contribution in [0.5, 0.6) is 0 Å². The maximum Gasteiger partial charge on any atom is 0.133 e. The van der Waals surface area contributed by atoms with Gasteiger partial charge in [-0.3, -0.25) is 0 Å². The van der Waals surface area contributed by atoms with Gasteiger partial charge >= 0.3 is 0 Å². The van der Waals surface area contributed by atoms with Crippen molar-refractivity contribution in [1.82, 2.24) is 0 Å². The molecule has 0 amide bonds. The Balaban J connectivity index is 1.83. The number of hydrogen-bond donors (Lipinski definition) is 0. The summed E-state index contributed by atoms with van der Waals surface area (Å²) in [6, 6.07) is 0. The van der Waals surface area contributed by atoms with Crippen molar-refractivity contribution in [3.8, 4) is 0 Å². The fraction of sp³-hybridized carbons (Fsp3) is 1.00. The zero-order valence-corrected chi connectivity index (χ0v) is 23.1. The van der Waals surface area contributed by atoms with E-state index < -0.39 is 7.26 Å². The minimum atomic E-state index is -0.889. The van der Waals surface area contributed by atoms with E-state index in [-0.39, 0.29) is 23.8 Å². The van der Waals surface area contributed by atoms with Crippen molar-refractivity contribution in [3.63, 3.8) is 0 Å². The van der Waals surface area contributed by atoms with Crippen LogP contribution in [0.1, 0.15) is 90.0 Å². The second kappa shape index (κ2) is 4.09. The van der Waals surface area contributed by atoms with E-state index in [1.54, 1.807) is 6.16 Å². The van der Waals surface area contributed by atoms with Crippen molar-refractivity contribution < 1.29 is 0 Å². The van der Waals surface area contributed by atoms with Gasteiger partial charge in [0, 0.05) is 40.0 Å². The Morgan fingerprint density at radius 1 is 0.538 bits per heavy atom. The topological polar surface area (TPSA) is 0 Å². The second-order valence-corrected chi connectivity index (χ2v) is 30.2. The first-order valence-corrected chi connectivity index (χ1v) is 16.7. The first-order valence-electron chi connectivity index (χ1n) is 10.7. The Labute approximate surface area is 167 Å². The molecule has 26 heavy (non-hydrogen) atoms. The quantitative estimate of drug-likeness (QED) is 0.364. The summed E-state index contributed by atoms with van der Waals surface area (Å²) >= 11 is 0. The molecule has 0 aromatic heterocycles. The Morgan fingerprint density at radius 2 is 0.808 bits per heavy atom. The van der Waals surface area contributed by atoms with E-state index in [1.807, 2.05) is 0 Å². The molecule has 4 heteroatoms. The predicted molar refractivity (Wildman–Crippen MR) is 127 cm³/mol. The van der Waals surface area contributed by atoms with Crippen molar-refractivity contribution in [3.05, 3.63) is 0 Å². The standard InChI is InChI=1S/C22H41P4/c1-14-26-20(16(5,6)7)23-19(15(2,3)4)24(20)22(26,18(11,12)13)25(19)21(23,26)17(8,9)10/h14H2,1-13H3/q+1. The molecule has 6 rings (SSSR count). The lowest BCUT2D eigenvalue weighted by atomic mass is 9.95. The Bertz CT molecular complexity index is 638. The van der Waals surface area contributed by atoms with Crippen LogP contribution in [0.4, 0.5) is 0 Å². The first kappa shape index (κ1) is 19.7. The molecule has 6 heterocycles. The van der Waals surface area contributed by atoms with Gasteiger partial charge in [-0.25, -0.2) is 0 Å². The fourth-order valence-electron chi connectivity index (χ4n) is 9.36. The van der Waals surface area contributed by atoms with Crippen LogP contribution in [-0.4, -0.2) is 24.7 Å². The highest BCUT2D eigenvalue weighted by Crippen LogP contribution is 3.59. The van der Waals surface area contributed by atoms with Gasteiger partial charge in [0.2, 0.25) is 0 Å². The van der Waals surface area contributed by atoms with Gasteiger partial charge in [-0.15, -0.1) is 0 Å². The highest BCUT2D eigenvalue weighted by Gasteiger charge is 3.34. The minimum Gasteiger partial charge on any atom is -0.0586 e. The summed E-state index contributed by atoms with van der Waals surface area (Å²) in [5.41, 5.74) is 2.20. The summed E-state index contributed by atoms with van der Waals surface area (Å²) in [7, 11) is -0.188. The lowest BCUT2D eigenvalue weighted by Gasteiger charge is -3.20. The van der Waals surface area contributed by atoms with Gasteiger partial charge in [-0.1, -0.05) is 83.1 Å². The van der Waals surface area contributed by atoms with Crippen LogP contribution >= 0.6 is 31.0 Å². The maximum absolute atomic E-state index is 2.66. The molecule has 6 fully saturated rings. The van der Waals surface area contributed by atoms with E-state index in [0.29, 0.717) is 21.7 Å². The molecule has 0 radical (unpaired) electrons. The highest BCUT2D eigenvalue weighted by atomic mass is 31.5. The summed E-state index contributed by atoms with van der Waals surface area (Å²) in [5, 5.41) is 0. The van der Waals surface area contributed by atoms with Crippen LogP contribution in [0.25, 0.3) is 0 Å². The van der Waals surface area contributed by atoms with Gasteiger partial charge in [0.25, 0.3) is 0 Å². The van der Waals surface area contributed by atoms with Gasteiger partial charge in [-0.2, -0.15) is 0 Å². The molecule has 6 aliphatic rings. The highest BCUT2D eigenvalue weighted by molar-refractivity contribution is 8.57. The molecule has 0 nitrogen and oxygen atoms in total. The second-order valence-electron chi connectivity index (χ2n) is 13.7. The van der Waals surface area contributed by atoms with Gasteiger partial charge in [0.1, 0.15) is 13.9 Å². The lowest BCUT2D eigenvalue weighted by molar-refractivity contribution is 0.232.